The molecule has 0 saturated carbocycles. The summed E-state index contributed by atoms with van der Waals surface area (Å²) in [5, 5.41) is 6.35. The van der Waals surface area contributed by atoms with Crippen molar-refractivity contribution in [2.75, 3.05) is 23.3 Å². The monoisotopic (exact) mass is 543 g/mol. The largest absolute Gasteiger partial charge is 0.417 e. The Kier molecular flexibility index (Phi) is 8.01. The van der Waals surface area contributed by atoms with Gasteiger partial charge in [0.05, 0.1) is 33.7 Å². The molecule has 0 radical (unpaired) electrons. The van der Waals surface area contributed by atoms with Crippen LogP contribution in [0.4, 0.5) is 24.5 Å². The second-order valence-corrected chi connectivity index (χ2v) is 9.14. The third kappa shape index (κ3) is 5.96. The highest BCUT2D eigenvalue weighted by atomic mass is 35.5. The summed E-state index contributed by atoms with van der Waals surface area (Å²) in [6, 6.07) is 8.56. The fourth-order valence-electron chi connectivity index (χ4n) is 4.20. The summed E-state index contributed by atoms with van der Waals surface area (Å²) in [5.74, 6) is -1.03. The van der Waals surface area contributed by atoms with Crippen molar-refractivity contribution in [1.82, 2.24) is 9.78 Å². The van der Waals surface area contributed by atoms with Crippen molar-refractivity contribution in [3.8, 4) is 5.69 Å². The number of anilines is 2. The molecule has 3 aromatic rings. The molecule has 38 heavy (non-hydrogen) atoms. The summed E-state index contributed by atoms with van der Waals surface area (Å²) in [5.41, 5.74) is 0.482. The first kappa shape index (κ1) is 27.1. The third-order valence-electron chi connectivity index (χ3n) is 6.13. The van der Waals surface area contributed by atoms with Crippen LogP contribution in [0.25, 0.3) is 5.69 Å². The number of carbonyl (C=O) groups is 2. The van der Waals surface area contributed by atoms with Crippen LogP contribution in [0.3, 0.4) is 0 Å². The molecule has 1 N–H and O–H groups in total. The average Bonchev–Trinajstić information content (AvgIpc) is 3.39. The topological polar surface area (TPSA) is 79.6 Å². The van der Waals surface area contributed by atoms with Gasteiger partial charge >= 0.3 is 6.18 Å². The average molecular weight is 544 g/mol. The van der Waals surface area contributed by atoms with Crippen LogP contribution in [0.15, 0.2) is 66.1 Å². The molecule has 2 heterocycles. The highest BCUT2D eigenvalue weighted by Crippen LogP contribution is 2.36. The first-order valence-corrected chi connectivity index (χ1v) is 12.3. The van der Waals surface area contributed by atoms with Gasteiger partial charge in [0.2, 0.25) is 0 Å². The second-order valence-electron chi connectivity index (χ2n) is 8.73. The van der Waals surface area contributed by atoms with Crippen molar-refractivity contribution in [2.24, 2.45) is 4.99 Å². The maximum absolute atomic E-state index is 13.6. The zero-order chi connectivity index (χ0) is 27.4. The lowest BCUT2D eigenvalue weighted by molar-refractivity contribution is -0.137. The number of rotatable bonds is 7. The van der Waals surface area contributed by atoms with Gasteiger partial charge in [0.15, 0.2) is 5.78 Å². The molecule has 2 aromatic carbocycles. The molecule has 1 aliphatic rings. The van der Waals surface area contributed by atoms with Crippen LogP contribution >= 0.6 is 11.6 Å². The van der Waals surface area contributed by atoms with Crippen molar-refractivity contribution in [1.29, 1.82) is 0 Å². The molecular formula is C27H25ClF3N5O2. The van der Waals surface area contributed by atoms with E-state index in [4.69, 9.17) is 11.6 Å². The summed E-state index contributed by atoms with van der Waals surface area (Å²) in [6.45, 7) is 6.96. The number of ketones is 1. The molecule has 1 fully saturated rings. The van der Waals surface area contributed by atoms with E-state index in [-0.39, 0.29) is 28.2 Å². The molecule has 7 nitrogen and oxygen atoms in total. The SMILES string of the molecule is C=C(N=CC)C(=O)Nc1ccc(N2CCCCC2)cc1C(=O)c1cnn(-c2ccc(Cl)c(C(F)(F)F)c2)c1. The summed E-state index contributed by atoms with van der Waals surface area (Å²) in [4.78, 5) is 32.2. The van der Waals surface area contributed by atoms with Gasteiger partial charge in [0, 0.05) is 36.8 Å². The van der Waals surface area contributed by atoms with Gasteiger partial charge in [0.25, 0.3) is 5.91 Å². The fraction of sp³-hybridized carbons (Fsp3) is 0.259. The molecule has 11 heteroatoms. The molecule has 0 atom stereocenters. The number of aromatic nitrogens is 2. The van der Waals surface area contributed by atoms with E-state index in [9.17, 15) is 22.8 Å². The van der Waals surface area contributed by atoms with E-state index in [2.05, 4.69) is 26.9 Å². The highest BCUT2D eigenvalue weighted by Gasteiger charge is 2.33. The number of nitrogens with zero attached hydrogens (tertiary/aromatic N) is 4. The van der Waals surface area contributed by atoms with Crippen molar-refractivity contribution in [3.05, 3.63) is 82.8 Å². The van der Waals surface area contributed by atoms with E-state index in [1.165, 1.54) is 29.4 Å². The van der Waals surface area contributed by atoms with Gasteiger partial charge in [-0.1, -0.05) is 18.2 Å². The van der Waals surface area contributed by atoms with Gasteiger partial charge in [-0.15, -0.1) is 0 Å². The van der Waals surface area contributed by atoms with Crippen molar-refractivity contribution >= 4 is 40.9 Å². The van der Waals surface area contributed by atoms with Gasteiger partial charge in [0.1, 0.15) is 5.70 Å². The zero-order valence-electron chi connectivity index (χ0n) is 20.6. The lowest BCUT2D eigenvalue weighted by atomic mass is 10.0. The van der Waals surface area contributed by atoms with E-state index in [1.807, 2.05) is 6.07 Å². The maximum atomic E-state index is 13.6. The number of halogens is 4. The minimum Gasteiger partial charge on any atom is -0.372 e. The molecular weight excluding hydrogens is 519 g/mol. The van der Waals surface area contributed by atoms with Gasteiger partial charge in [-0.2, -0.15) is 18.3 Å². The molecule has 1 aromatic heterocycles. The van der Waals surface area contributed by atoms with Crippen molar-refractivity contribution < 1.29 is 22.8 Å². The lowest BCUT2D eigenvalue weighted by Gasteiger charge is -2.29. The quantitative estimate of drug-likeness (QED) is 0.215. The molecule has 1 saturated heterocycles. The predicted octanol–water partition coefficient (Wildman–Crippen LogP) is 6.31. The smallest absolute Gasteiger partial charge is 0.372 e. The van der Waals surface area contributed by atoms with Gasteiger partial charge in [-0.25, -0.2) is 4.68 Å². The van der Waals surface area contributed by atoms with Crippen LogP contribution in [0, 0.1) is 0 Å². The number of nitrogens with one attached hydrogen (secondary N) is 1. The summed E-state index contributed by atoms with van der Waals surface area (Å²) >= 11 is 5.73. The molecule has 1 amide bonds. The first-order valence-electron chi connectivity index (χ1n) is 11.9. The predicted molar refractivity (Wildman–Crippen MR) is 141 cm³/mol. The Labute approximate surface area is 222 Å². The number of hydrogen-bond donors (Lipinski definition) is 1. The summed E-state index contributed by atoms with van der Waals surface area (Å²) < 4.78 is 41.1. The van der Waals surface area contributed by atoms with Crippen molar-refractivity contribution in [2.45, 2.75) is 32.4 Å². The Morgan fingerprint density at radius 2 is 1.82 bits per heavy atom. The molecule has 0 bridgehead atoms. The Hall–Kier alpha value is -3.92. The number of amides is 1. The third-order valence-corrected chi connectivity index (χ3v) is 6.46. The highest BCUT2D eigenvalue weighted by molar-refractivity contribution is 6.31. The standard InChI is InChI=1S/C27H25ClF3N5O2/c1-3-32-17(2)26(38)34-24-10-8-19(35-11-5-4-6-12-35)13-21(24)25(37)18-15-33-36(16-18)20-7-9-23(28)22(14-20)27(29,30)31/h3,7-10,13-16H,2,4-6,11-12H2,1H3,(H,34,38). The van der Waals surface area contributed by atoms with Crippen LogP contribution in [0.1, 0.15) is 47.7 Å². The first-order chi connectivity index (χ1) is 18.1. The van der Waals surface area contributed by atoms with E-state index < -0.39 is 28.5 Å². The lowest BCUT2D eigenvalue weighted by Crippen LogP contribution is -2.29. The zero-order valence-corrected chi connectivity index (χ0v) is 21.3. The van der Waals surface area contributed by atoms with E-state index in [1.54, 1.807) is 19.1 Å². The van der Waals surface area contributed by atoms with Crippen molar-refractivity contribution in [3.63, 3.8) is 0 Å². The van der Waals surface area contributed by atoms with E-state index in [0.717, 1.165) is 50.2 Å². The minimum absolute atomic E-state index is 0.0259. The van der Waals surface area contributed by atoms with Crippen LogP contribution in [0.5, 0.6) is 0 Å². The van der Waals surface area contributed by atoms with Crippen LogP contribution in [0.2, 0.25) is 5.02 Å². The molecule has 1 aliphatic heterocycles. The van der Waals surface area contributed by atoms with Gasteiger partial charge < -0.3 is 10.2 Å². The number of hydrogen-bond acceptors (Lipinski definition) is 5. The molecule has 0 aliphatic carbocycles. The summed E-state index contributed by atoms with van der Waals surface area (Å²) in [6.07, 6.45) is 2.59. The Bertz CT molecular complexity index is 1410. The summed E-state index contributed by atoms with van der Waals surface area (Å²) in [7, 11) is 0. The Morgan fingerprint density at radius 3 is 2.50 bits per heavy atom. The Balaban J connectivity index is 1.70. The molecule has 0 spiro atoms. The molecule has 198 valence electrons. The second kappa shape index (κ2) is 11.2. The van der Waals surface area contributed by atoms with Crippen LogP contribution in [-0.2, 0) is 11.0 Å². The number of piperidine rings is 1. The van der Waals surface area contributed by atoms with Gasteiger partial charge in [-0.3, -0.25) is 14.6 Å². The Morgan fingerprint density at radius 1 is 1.11 bits per heavy atom. The van der Waals surface area contributed by atoms with E-state index in [0.29, 0.717) is 0 Å². The molecule has 4 rings (SSSR count). The van der Waals surface area contributed by atoms with E-state index >= 15 is 0 Å². The molecule has 0 unspecified atom stereocenters. The number of carbonyl (C=O) groups excluding carboxylic acids is 2. The number of alkyl halides is 3. The van der Waals surface area contributed by atoms with Gasteiger partial charge in [-0.05, 0) is 62.6 Å². The minimum atomic E-state index is -4.65. The fourth-order valence-corrected chi connectivity index (χ4v) is 4.42. The number of aliphatic imine (C=N–C) groups is 1. The normalized spacial score (nSPS) is 14.1. The van der Waals surface area contributed by atoms with Crippen LogP contribution < -0.4 is 10.2 Å². The number of benzene rings is 2. The van der Waals surface area contributed by atoms with Crippen LogP contribution in [-0.4, -0.2) is 40.8 Å². The maximum Gasteiger partial charge on any atom is 0.417 e.